The Morgan fingerprint density at radius 1 is 0.541 bits per heavy atom. The van der Waals surface area contributed by atoms with Gasteiger partial charge >= 0.3 is 0 Å². The molecule has 3 unspecified atom stereocenters. The first kappa shape index (κ1) is 33.5. The third-order valence-electron chi connectivity index (χ3n) is 5.00. The zero-order chi connectivity index (χ0) is 27.9. The number of rotatable bonds is 7. The van der Waals surface area contributed by atoms with Crippen molar-refractivity contribution in [3.63, 3.8) is 0 Å². The van der Waals surface area contributed by atoms with Crippen molar-refractivity contribution in [2.24, 2.45) is 0 Å². The monoisotopic (exact) mass is 501 g/mol. The van der Waals surface area contributed by atoms with Gasteiger partial charge in [-0.05, 0) is 35.4 Å². The predicted octanol–water partition coefficient (Wildman–Crippen LogP) is 9.25. The lowest BCUT2D eigenvalue weighted by molar-refractivity contribution is 0.133. The molecule has 4 rings (SSSR count). The maximum atomic E-state index is 11.4. The zero-order valence-electron chi connectivity index (χ0n) is 24.0. The summed E-state index contributed by atoms with van der Waals surface area (Å²) >= 11 is 0. The molecule has 0 spiro atoms. The van der Waals surface area contributed by atoms with E-state index in [1.54, 1.807) is 12.4 Å². The van der Waals surface area contributed by atoms with Crippen LogP contribution in [-0.2, 0) is 0 Å². The molecule has 2 aromatic heterocycles. The lowest BCUT2D eigenvalue weighted by atomic mass is 9.82. The van der Waals surface area contributed by atoms with Gasteiger partial charge in [-0.2, -0.15) is 0 Å². The lowest BCUT2D eigenvalue weighted by Crippen LogP contribution is -2.26. The molecule has 0 bridgehead atoms. The standard InChI is InChI=1S/C25H23N3O.4C2H6/c29-25(20-13-5-2-6-14-20)23(21-15-7-9-17-26-21)24(19-11-3-1-4-12-19)28-22-16-8-10-18-27-22;4*1-2/h1-18,23-25,29H,(H,27,28);4*1-2H3. The average Bonchev–Trinajstić information content (AvgIpc) is 3.03. The fourth-order valence-corrected chi connectivity index (χ4v) is 3.59. The van der Waals surface area contributed by atoms with Gasteiger partial charge in [-0.15, -0.1) is 0 Å². The van der Waals surface area contributed by atoms with Gasteiger partial charge in [-0.3, -0.25) is 4.98 Å². The smallest absolute Gasteiger partial charge is 0.126 e. The summed E-state index contributed by atoms with van der Waals surface area (Å²) in [6.45, 7) is 16.0. The SMILES string of the molecule is CC.CC.CC.CC.OC(c1ccccc1)C(c1ccccn1)C(Nc1ccccn1)c1ccccc1. The minimum Gasteiger partial charge on any atom is -0.388 e. The van der Waals surface area contributed by atoms with E-state index in [9.17, 15) is 5.11 Å². The normalized spacial score (nSPS) is 11.6. The van der Waals surface area contributed by atoms with E-state index in [4.69, 9.17) is 0 Å². The summed E-state index contributed by atoms with van der Waals surface area (Å²) in [7, 11) is 0. The zero-order valence-corrected chi connectivity index (χ0v) is 24.0. The highest BCUT2D eigenvalue weighted by Gasteiger charge is 2.33. The summed E-state index contributed by atoms with van der Waals surface area (Å²) in [5, 5.41) is 15.0. The van der Waals surface area contributed by atoms with Gasteiger partial charge in [0.05, 0.1) is 18.1 Å². The molecule has 4 nitrogen and oxygen atoms in total. The second-order valence-electron chi connectivity index (χ2n) is 6.88. The molecule has 4 heteroatoms. The minimum atomic E-state index is -0.743. The molecule has 2 heterocycles. The number of aromatic nitrogens is 2. The van der Waals surface area contributed by atoms with Crippen LogP contribution in [-0.4, -0.2) is 15.1 Å². The number of nitrogens with zero attached hydrogens (tertiary/aromatic N) is 2. The summed E-state index contributed by atoms with van der Waals surface area (Å²) in [5.74, 6) is 0.436. The molecule has 0 saturated heterocycles. The maximum Gasteiger partial charge on any atom is 0.126 e. The molecule has 0 aliphatic heterocycles. The number of hydrogen-bond acceptors (Lipinski definition) is 4. The molecule has 2 aromatic carbocycles. The number of nitrogens with one attached hydrogen (secondary N) is 1. The van der Waals surface area contributed by atoms with E-state index < -0.39 is 6.10 Å². The topological polar surface area (TPSA) is 58.0 Å². The third kappa shape index (κ3) is 11.0. The Morgan fingerprint density at radius 3 is 1.46 bits per heavy atom. The van der Waals surface area contributed by atoms with Crippen molar-refractivity contribution in [2.75, 3.05) is 5.32 Å². The Morgan fingerprint density at radius 2 is 1.00 bits per heavy atom. The van der Waals surface area contributed by atoms with Crippen molar-refractivity contribution in [2.45, 2.75) is 73.5 Å². The van der Waals surface area contributed by atoms with E-state index in [1.807, 2.05) is 140 Å². The fraction of sp³-hybridized carbons (Fsp3) is 0.333. The highest BCUT2D eigenvalue weighted by molar-refractivity contribution is 5.41. The number of anilines is 1. The van der Waals surface area contributed by atoms with Crippen molar-refractivity contribution in [3.8, 4) is 0 Å². The number of benzene rings is 2. The highest BCUT2D eigenvalue weighted by atomic mass is 16.3. The van der Waals surface area contributed by atoms with Gasteiger partial charge in [0, 0.05) is 18.1 Å². The number of aliphatic hydroxyl groups excluding tert-OH is 1. The van der Waals surface area contributed by atoms with E-state index >= 15 is 0 Å². The van der Waals surface area contributed by atoms with Crippen LogP contribution >= 0.6 is 0 Å². The summed E-state index contributed by atoms with van der Waals surface area (Å²) < 4.78 is 0. The van der Waals surface area contributed by atoms with Crippen LogP contribution in [0.4, 0.5) is 5.82 Å². The van der Waals surface area contributed by atoms with Gasteiger partial charge < -0.3 is 10.4 Å². The van der Waals surface area contributed by atoms with Crippen molar-refractivity contribution in [1.29, 1.82) is 0 Å². The van der Waals surface area contributed by atoms with Crippen LogP contribution in [0.2, 0.25) is 0 Å². The molecule has 0 aliphatic rings. The maximum absolute atomic E-state index is 11.4. The van der Waals surface area contributed by atoms with Crippen LogP contribution in [0.5, 0.6) is 0 Å². The molecule has 200 valence electrons. The summed E-state index contributed by atoms with van der Waals surface area (Å²) in [5.41, 5.74) is 2.73. The first-order chi connectivity index (χ1) is 18.3. The molecule has 4 aromatic rings. The Bertz CT molecular complexity index is 997. The van der Waals surface area contributed by atoms with Gasteiger partial charge in [0.25, 0.3) is 0 Å². The molecular formula is C33H47N3O. The summed E-state index contributed by atoms with van der Waals surface area (Å²) in [6, 6.07) is 31.2. The van der Waals surface area contributed by atoms with Gasteiger partial charge in [0.1, 0.15) is 5.82 Å². The summed E-state index contributed by atoms with van der Waals surface area (Å²) in [4.78, 5) is 9.03. The second kappa shape index (κ2) is 21.8. The fourth-order valence-electron chi connectivity index (χ4n) is 3.59. The Kier molecular flexibility index (Phi) is 19.7. The first-order valence-corrected chi connectivity index (χ1v) is 13.7. The largest absolute Gasteiger partial charge is 0.388 e. The van der Waals surface area contributed by atoms with Crippen LogP contribution in [0.3, 0.4) is 0 Å². The Balaban J connectivity index is 0.00000148. The lowest BCUT2D eigenvalue weighted by Gasteiger charge is -2.32. The van der Waals surface area contributed by atoms with E-state index in [0.29, 0.717) is 0 Å². The summed E-state index contributed by atoms with van der Waals surface area (Å²) in [6.07, 6.45) is 2.78. The van der Waals surface area contributed by atoms with Crippen LogP contribution in [0.15, 0.2) is 109 Å². The molecule has 0 radical (unpaired) electrons. The van der Waals surface area contributed by atoms with Gasteiger partial charge in [0.2, 0.25) is 0 Å². The van der Waals surface area contributed by atoms with Crippen LogP contribution in [0.1, 0.15) is 90.3 Å². The third-order valence-corrected chi connectivity index (χ3v) is 5.00. The predicted molar refractivity (Wildman–Crippen MR) is 161 cm³/mol. The van der Waals surface area contributed by atoms with E-state index in [-0.39, 0.29) is 12.0 Å². The van der Waals surface area contributed by atoms with Crippen molar-refractivity contribution < 1.29 is 5.11 Å². The van der Waals surface area contributed by atoms with Crippen molar-refractivity contribution in [1.82, 2.24) is 9.97 Å². The van der Waals surface area contributed by atoms with Crippen LogP contribution in [0.25, 0.3) is 0 Å². The van der Waals surface area contributed by atoms with E-state index in [0.717, 1.165) is 22.6 Å². The number of hydrogen-bond donors (Lipinski definition) is 2. The number of pyridine rings is 2. The molecule has 2 N–H and O–H groups in total. The Labute approximate surface area is 225 Å². The minimum absolute atomic E-state index is 0.226. The van der Waals surface area contributed by atoms with E-state index in [2.05, 4.69) is 27.4 Å². The van der Waals surface area contributed by atoms with Crippen molar-refractivity contribution >= 4 is 5.82 Å². The Hall–Kier alpha value is -3.50. The highest BCUT2D eigenvalue weighted by Crippen LogP contribution is 2.41. The van der Waals surface area contributed by atoms with E-state index in [1.165, 1.54) is 0 Å². The quantitative estimate of drug-likeness (QED) is 0.265. The van der Waals surface area contributed by atoms with Gasteiger partial charge in [0.15, 0.2) is 0 Å². The molecule has 0 aliphatic carbocycles. The molecule has 37 heavy (non-hydrogen) atoms. The average molecular weight is 502 g/mol. The van der Waals surface area contributed by atoms with Crippen molar-refractivity contribution in [3.05, 3.63) is 126 Å². The molecule has 0 amide bonds. The van der Waals surface area contributed by atoms with Crippen LogP contribution < -0.4 is 5.32 Å². The molecular weight excluding hydrogens is 454 g/mol. The van der Waals surface area contributed by atoms with Gasteiger partial charge in [-0.25, -0.2) is 4.98 Å². The molecule has 0 fully saturated rings. The molecule has 0 saturated carbocycles. The molecule has 3 atom stereocenters. The number of aliphatic hydroxyl groups is 1. The first-order valence-electron chi connectivity index (χ1n) is 13.7. The second-order valence-corrected chi connectivity index (χ2v) is 6.88. The van der Waals surface area contributed by atoms with Crippen LogP contribution in [0, 0.1) is 0 Å². The van der Waals surface area contributed by atoms with Gasteiger partial charge in [-0.1, -0.05) is 128 Å².